The van der Waals surface area contributed by atoms with Crippen LogP contribution in [0.1, 0.15) is 51.2 Å². The van der Waals surface area contributed by atoms with E-state index in [4.69, 9.17) is 5.11 Å². The lowest BCUT2D eigenvalue weighted by Crippen LogP contribution is -2.46. The van der Waals surface area contributed by atoms with Crippen LogP contribution in [0.5, 0.6) is 0 Å². The number of hydrogen-bond acceptors (Lipinski definition) is 5. The molecular formula is C21H33NO5. The molecule has 0 aliphatic carbocycles. The normalized spacial score (nSPS) is 20.5. The first-order valence-corrected chi connectivity index (χ1v) is 9.70. The molecule has 1 aromatic rings. The van der Waals surface area contributed by atoms with Crippen LogP contribution in [0.2, 0.25) is 0 Å². The Balaban J connectivity index is 2.26. The van der Waals surface area contributed by atoms with Gasteiger partial charge in [-0.3, -0.25) is 4.79 Å². The van der Waals surface area contributed by atoms with Gasteiger partial charge >= 0.3 is 0 Å². The Morgan fingerprint density at radius 2 is 1.89 bits per heavy atom. The highest BCUT2D eigenvalue weighted by Crippen LogP contribution is 2.42. The van der Waals surface area contributed by atoms with Crippen molar-refractivity contribution in [3.8, 4) is 0 Å². The van der Waals surface area contributed by atoms with E-state index in [-0.39, 0.29) is 17.7 Å². The Kier molecular flexibility index (Phi) is 7.03. The van der Waals surface area contributed by atoms with Crippen LogP contribution in [0.4, 0.5) is 5.69 Å². The summed E-state index contributed by atoms with van der Waals surface area (Å²) in [6.07, 6.45) is -2.79. The molecule has 1 aromatic carbocycles. The molecule has 0 radical (unpaired) electrons. The fourth-order valence-corrected chi connectivity index (χ4v) is 3.88. The van der Waals surface area contributed by atoms with Crippen molar-refractivity contribution in [2.45, 2.75) is 70.7 Å². The number of carbonyl (C=O) groups excluding carboxylic acids is 1. The number of nitrogens with zero attached hydrogens (tertiary/aromatic N) is 1. The van der Waals surface area contributed by atoms with Crippen molar-refractivity contribution in [1.82, 2.24) is 0 Å². The van der Waals surface area contributed by atoms with Crippen LogP contribution in [0.25, 0.3) is 0 Å². The number of rotatable bonds is 7. The molecule has 152 valence electrons. The molecule has 1 heterocycles. The Hall–Kier alpha value is -1.47. The van der Waals surface area contributed by atoms with Gasteiger partial charge in [-0.1, -0.05) is 39.0 Å². The Labute approximate surface area is 161 Å². The molecule has 0 saturated heterocycles. The molecule has 1 aliphatic rings. The average molecular weight is 379 g/mol. The van der Waals surface area contributed by atoms with Gasteiger partial charge in [0.25, 0.3) is 0 Å². The van der Waals surface area contributed by atoms with E-state index in [0.29, 0.717) is 13.0 Å². The fraction of sp³-hybridized carbons (Fsp3) is 0.667. The summed E-state index contributed by atoms with van der Waals surface area (Å²) in [5, 5.41) is 38.6. The van der Waals surface area contributed by atoms with E-state index in [2.05, 4.69) is 19.9 Å². The first-order valence-electron chi connectivity index (χ1n) is 9.70. The third-order valence-corrected chi connectivity index (χ3v) is 5.81. The van der Waals surface area contributed by atoms with E-state index in [1.807, 2.05) is 30.9 Å². The van der Waals surface area contributed by atoms with Crippen LogP contribution < -0.4 is 4.90 Å². The standard InChI is InChI=1S/C21H33NO5/c1-5-14(11-16(24)19(26)17(25)12-23)20(27)22-10-9-21(3,4)15-8-6-7-13(2)18(15)22/h6-8,14,16-17,19,23-26H,5,9-12H2,1-4H3. The summed E-state index contributed by atoms with van der Waals surface area (Å²) in [6.45, 7) is 8.20. The number of hydrogen-bond donors (Lipinski definition) is 4. The molecule has 0 aromatic heterocycles. The van der Waals surface area contributed by atoms with Gasteiger partial charge < -0.3 is 25.3 Å². The third-order valence-electron chi connectivity index (χ3n) is 5.81. The molecule has 0 bridgehead atoms. The van der Waals surface area contributed by atoms with E-state index >= 15 is 0 Å². The van der Waals surface area contributed by atoms with Crippen molar-refractivity contribution in [1.29, 1.82) is 0 Å². The second-order valence-corrected chi connectivity index (χ2v) is 8.24. The summed E-state index contributed by atoms with van der Waals surface area (Å²) in [6, 6.07) is 6.08. The van der Waals surface area contributed by atoms with Gasteiger partial charge in [-0.05, 0) is 42.7 Å². The van der Waals surface area contributed by atoms with Gasteiger partial charge in [-0.15, -0.1) is 0 Å². The molecular weight excluding hydrogens is 346 g/mol. The minimum atomic E-state index is -1.48. The van der Waals surface area contributed by atoms with Crippen LogP contribution in [0.15, 0.2) is 18.2 Å². The van der Waals surface area contributed by atoms with Crippen molar-refractivity contribution < 1.29 is 25.2 Å². The number of aliphatic hydroxyl groups excluding tert-OH is 4. The predicted octanol–water partition coefficient (Wildman–Crippen LogP) is 1.50. The number of aliphatic hydroxyl groups is 4. The van der Waals surface area contributed by atoms with Gasteiger partial charge in [0.15, 0.2) is 0 Å². The summed E-state index contributed by atoms with van der Waals surface area (Å²) in [4.78, 5) is 15.1. The lowest BCUT2D eigenvalue weighted by molar-refractivity contribution is -0.126. The molecule has 4 atom stereocenters. The lowest BCUT2D eigenvalue weighted by atomic mass is 9.76. The second-order valence-electron chi connectivity index (χ2n) is 8.24. The summed E-state index contributed by atoms with van der Waals surface area (Å²) in [5.41, 5.74) is 3.12. The highest BCUT2D eigenvalue weighted by atomic mass is 16.4. The zero-order valence-electron chi connectivity index (χ0n) is 16.7. The summed E-state index contributed by atoms with van der Waals surface area (Å²) >= 11 is 0. The topological polar surface area (TPSA) is 101 Å². The van der Waals surface area contributed by atoms with E-state index in [1.54, 1.807) is 0 Å². The minimum Gasteiger partial charge on any atom is -0.394 e. The van der Waals surface area contributed by atoms with E-state index in [1.165, 1.54) is 0 Å². The molecule has 4 unspecified atom stereocenters. The number of aryl methyl sites for hydroxylation is 1. The van der Waals surface area contributed by atoms with Crippen molar-refractivity contribution in [3.05, 3.63) is 29.3 Å². The van der Waals surface area contributed by atoms with Crippen molar-refractivity contribution in [3.63, 3.8) is 0 Å². The summed E-state index contributed by atoms with van der Waals surface area (Å²) < 4.78 is 0. The van der Waals surface area contributed by atoms with Gasteiger partial charge in [0, 0.05) is 12.5 Å². The van der Waals surface area contributed by atoms with Crippen molar-refractivity contribution >= 4 is 11.6 Å². The molecule has 1 aliphatic heterocycles. The molecule has 6 heteroatoms. The number of benzene rings is 1. The number of amides is 1. The molecule has 1 amide bonds. The molecule has 4 N–H and O–H groups in total. The first kappa shape index (κ1) is 21.8. The van der Waals surface area contributed by atoms with Crippen LogP contribution in [0, 0.1) is 12.8 Å². The van der Waals surface area contributed by atoms with Gasteiger partial charge in [-0.2, -0.15) is 0 Å². The molecule has 6 nitrogen and oxygen atoms in total. The smallest absolute Gasteiger partial charge is 0.230 e. The lowest BCUT2D eigenvalue weighted by Gasteiger charge is -2.41. The van der Waals surface area contributed by atoms with Crippen LogP contribution in [0.3, 0.4) is 0 Å². The minimum absolute atomic E-state index is 0.0131. The van der Waals surface area contributed by atoms with Gasteiger partial charge in [0.2, 0.25) is 5.91 Å². The largest absolute Gasteiger partial charge is 0.394 e. The Morgan fingerprint density at radius 1 is 1.22 bits per heavy atom. The SMILES string of the molecule is CCC(CC(O)C(O)C(O)CO)C(=O)N1CCC(C)(C)c2cccc(C)c21. The first-order chi connectivity index (χ1) is 12.6. The summed E-state index contributed by atoms with van der Waals surface area (Å²) in [7, 11) is 0. The fourth-order valence-electron chi connectivity index (χ4n) is 3.88. The monoisotopic (exact) mass is 379 g/mol. The Morgan fingerprint density at radius 3 is 2.48 bits per heavy atom. The quantitative estimate of drug-likeness (QED) is 0.575. The predicted molar refractivity (Wildman–Crippen MR) is 105 cm³/mol. The van der Waals surface area contributed by atoms with Crippen molar-refractivity contribution in [2.24, 2.45) is 5.92 Å². The number of fused-ring (bicyclic) bond motifs is 1. The van der Waals surface area contributed by atoms with Crippen LogP contribution >= 0.6 is 0 Å². The molecule has 0 spiro atoms. The zero-order chi connectivity index (χ0) is 20.4. The number of anilines is 1. The number of carbonyl (C=O) groups is 1. The van der Waals surface area contributed by atoms with E-state index < -0.39 is 30.8 Å². The Bertz CT molecular complexity index is 660. The molecule has 0 fully saturated rings. The average Bonchev–Trinajstić information content (AvgIpc) is 2.64. The van der Waals surface area contributed by atoms with Gasteiger partial charge in [-0.25, -0.2) is 0 Å². The maximum Gasteiger partial charge on any atom is 0.230 e. The maximum absolute atomic E-state index is 13.3. The third kappa shape index (κ3) is 4.51. The second kappa shape index (κ2) is 8.69. The van der Waals surface area contributed by atoms with Crippen LogP contribution in [-0.4, -0.2) is 57.8 Å². The van der Waals surface area contributed by atoms with E-state index in [9.17, 15) is 20.1 Å². The molecule has 0 saturated carbocycles. The van der Waals surface area contributed by atoms with Gasteiger partial charge in [0.1, 0.15) is 12.2 Å². The maximum atomic E-state index is 13.3. The van der Waals surface area contributed by atoms with Gasteiger partial charge in [0.05, 0.1) is 18.4 Å². The zero-order valence-corrected chi connectivity index (χ0v) is 16.7. The molecule has 27 heavy (non-hydrogen) atoms. The van der Waals surface area contributed by atoms with Crippen molar-refractivity contribution in [2.75, 3.05) is 18.1 Å². The molecule has 2 rings (SSSR count). The van der Waals surface area contributed by atoms with E-state index in [0.717, 1.165) is 23.2 Å². The number of para-hydroxylation sites is 1. The summed E-state index contributed by atoms with van der Waals surface area (Å²) in [5.74, 6) is -0.553. The highest BCUT2D eigenvalue weighted by molar-refractivity contribution is 5.97. The highest BCUT2D eigenvalue weighted by Gasteiger charge is 2.37. The van der Waals surface area contributed by atoms with Crippen LogP contribution in [-0.2, 0) is 10.2 Å².